The summed E-state index contributed by atoms with van der Waals surface area (Å²) in [5.41, 5.74) is -0.579. The Balaban J connectivity index is 1.91. The highest BCUT2D eigenvalue weighted by molar-refractivity contribution is 7.46. The van der Waals surface area contributed by atoms with Crippen molar-refractivity contribution in [1.82, 2.24) is 19.5 Å². The maximum atomic E-state index is 11.9. The second kappa shape index (κ2) is 6.46. The van der Waals surface area contributed by atoms with E-state index in [0.29, 0.717) is 0 Å². The van der Waals surface area contributed by atoms with E-state index in [1.54, 1.807) is 0 Å². The van der Waals surface area contributed by atoms with Crippen LogP contribution in [0.3, 0.4) is 0 Å². The molecular weight excluding hydrogens is 363 g/mol. The Morgan fingerprint density at radius 2 is 2.12 bits per heavy atom. The molecule has 0 spiro atoms. The summed E-state index contributed by atoms with van der Waals surface area (Å²) in [5, 5.41) is 20.2. The number of rotatable bonds is 5. The Hall–Kier alpha value is -1.86. The molecule has 3 rings (SSSR count). The average molecular weight is 378 g/mol. The van der Waals surface area contributed by atoms with E-state index in [1.807, 2.05) is 0 Å². The van der Waals surface area contributed by atoms with E-state index in [2.05, 4.69) is 19.5 Å². The number of aromatic nitrogens is 4. The monoisotopic (exact) mass is 378 g/mol. The van der Waals surface area contributed by atoms with Crippen molar-refractivity contribution in [2.24, 2.45) is 0 Å². The van der Waals surface area contributed by atoms with Crippen molar-refractivity contribution >= 4 is 19.0 Å². The minimum absolute atomic E-state index is 0.0356. The van der Waals surface area contributed by atoms with Gasteiger partial charge >= 0.3 is 7.82 Å². The molecule has 0 aromatic carbocycles. The van der Waals surface area contributed by atoms with Gasteiger partial charge in [-0.3, -0.25) is 18.9 Å². The summed E-state index contributed by atoms with van der Waals surface area (Å²) in [7, 11) is -3.47. The minimum Gasteiger partial charge on any atom is -0.468 e. The zero-order chi connectivity index (χ0) is 18.4. The van der Waals surface area contributed by atoms with Crippen molar-refractivity contribution in [1.29, 1.82) is 0 Å². The lowest BCUT2D eigenvalue weighted by Gasteiger charge is -2.16. The predicted molar refractivity (Wildman–Crippen MR) is 78.6 cm³/mol. The Morgan fingerprint density at radius 1 is 1.40 bits per heavy atom. The summed E-state index contributed by atoms with van der Waals surface area (Å²) in [6.07, 6.45) is -4.20. The van der Waals surface area contributed by atoms with Gasteiger partial charge in [0, 0.05) is 0 Å². The van der Waals surface area contributed by atoms with Gasteiger partial charge in [-0.1, -0.05) is 0 Å². The number of hydrogen-bond acceptors (Lipinski definition) is 9. The number of phosphoric ester groups is 1. The number of aromatic amines is 1. The molecule has 1 fully saturated rings. The third-order valence-corrected chi connectivity index (χ3v) is 4.11. The molecule has 0 amide bonds. The van der Waals surface area contributed by atoms with Gasteiger partial charge < -0.3 is 29.5 Å². The second-order valence-electron chi connectivity index (χ2n) is 5.23. The van der Waals surface area contributed by atoms with Crippen LogP contribution in [0.4, 0.5) is 0 Å². The molecule has 13 nitrogen and oxygen atoms in total. The van der Waals surface area contributed by atoms with Crippen molar-refractivity contribution in [3.05, 3.63) is 16.7 Å². The zero-order valence-corrected chi connectivity index (χ0v) is 13.6. The third kappa shape index (κ3) is 3.43. The number of ether oxygens (including phenoxy) is 2. The second-order valence-corrected chi connectivity index (χ2v) is 6.47. The molecule has 1 aliphatic heterocycles. The smallest absolute Gasteiger partial charge is 0.468 e. The summed E-state index contributed by atoms with van der Waals surface area (Å²) in [6, 6.07) is -0.0892. The van der Waals surface area contributed by atoms with Gasteiger partial charge in [0.15, 0.2) is 17.4 Å². The summed E-state index contributed by atoms with van der Waals surface area (Å²) >= 11 is 0. The van der Waals surface area contributed by atoms with Crippen LogP contribution in [0.5, 0.6) is 6.01 Å². The number of methoxy groups -OCH3 is 1. The fraction of sp³-hybridized carbons (Fsp3) is 0.545. The first kappa shape index (κ1) is 17.9. The molecule has 3 heterocycles. The third-order valence-electron chi connectivity index (χ3n) is 3.62. The molecule has 0 saturated carbocycles. The molecule has 138 valence electrons. The Bertz CT molecular complexity index is 876. The number of aliphatic hydroxyl groups is 2. The molecule has 0 radical (unpaired) electrons. The SMILES string of the molecule is COc1nc2c(ncn2C2O[C@@H](COP(=O)(O)O)[C@H](O)[C@@H]2O)c(=O)[nH]1. The number of fused-ring (bicyclic) bond motifs is 1. The first-order chi connectivity index (χ1) is 11.7. The lowest BCUT2D eigenvalue weighted by molar-refractivity contribution is -0.0504. The molecule has 5 N–H and O–H groups in total. The Kier molecular flexibility index (Phi) is 4.64. The number of H-pyrrole nitrogens is 1. The maximum absolute atomic E-state index is 11.9. The molecule has 2 aromatic heterocycles. The van der Waals surface area contributed by atoms with Crippen LogP contribution in [0.25, 0.3) is 11.2 Å². The van der Waals surface area contributed by atoms with E-state index in [1.165, 1.54) is 18.0 Å². The lowest BCUT2D eigenvalue weighted by atomic mass is 10.1. The van der Waals surface area contributed by atoms with Crippen LogP contribution >= 0.6 is 7.82 Å². The fourth-order valence-electron chi connectivity index (χ4n) is 2.46. The first-order valence-electron chi connectivity index (χ1n) is 6.94. The van der Waals surface area contributed by atoms with E-state index >= 15 is 0 Å². The van der Waals surface area contributed by atoms with E-state index in [9.17, 15) is 19.6 Å². The summed E-state index contributed by atoms with van der Waals surface area (Å²) in [5.74, 6) is 0. The van der Waals surface area contributed by atoms with E-state index < -0.39 is 44.5 Å². The zero-order valence-electron chi connectivity index (χ0n) is 12.7. The van der Waals surface area contributed by atoms with Crippen LogP contribution in [0, 0.1) is 0 Å². The van der Waals surface area contributed by atoms with Gasteiger partial charge in [-0.15, -0.1) is 0 Å². The van der Waals surface area contributed by atoms with Crippen LogP contribution < -0.4 is 10.3 Å². The summed E-state index contributed by atoms with van der Waals surface area (Å²) < 4.78 is 26.5. The van der Waals surface area contributed by atoms with Crippen molar-refractivity contribution < 1.29 is 38.6 Å². The van der Waals surface area contributed by atoms with Crippen LogP contribution in [0.1, 0.15) is 6.23 Å². The number of imidazole rings is 1. The van der Waals surface area contributed by atoms with Gasteiger partial charge in [-0.2, -0.15) is 4.98 Å². The van der Waals surface area contributed by atoms with Crippen LogP contribution in [0.15, 0.2) is 11.1 Å². The number of nitrogens with one attached hydrogen (secondary N) is 1. The van der Waals surface area contributed by atoms with Gasteiger partial charge in [-0.25, -0.2) is 9.55 Å². The molecule has 2 aromatic rings. The van der Waals surface area contributed by atoms with E-state index in [-0.39, 0.29) is 17.2 Å². The van der Waals surface area contributed by atoms with Gasteiger partial charge in [0.1, 0.15) is 18.3 Å². The molecule has 25 heavy (non-hydrogen) atoms. The predicted octanol–water partition coefficient (Wildman–Crippen LogP) is -2.14. The number of aliphatic hydroxyl groups excluding tert-OH is 2. The molecule has 1 saturated heterocycles. The maximum Gasteiger partial charge on any atom is 0.469 e. The van der Waals surface area contributed by atoms with Crippen LogP contribution in [0.2, 0.25) is 0 Å². The molecule has 14 heteroatoms. The molecule has 1 unspecified atom stereocenters. The van der Waals surface area contributed by atoms with Crippen molar-refractivity contribution in [3.8, 4) is 6.01 Å². The quantitative estimate of drug-likeness (QED) is 0.357. The molecule has 4 atom stereocenters. The van der Waals surface area contributed by atoms with Crippen molar-refractivity contribution in [2.75, 3.05) is 13.7 Å². The summed E-state index contributed by atoms with van der Waals surface area (Å²) in [6.45, 7) is -0.650. The highest BCUT2D eigenvalue weighted by Gasteiger charge is 2.45. The average Bonchev–Trinajstić information content (AvgIpc) is 3.08. The minimum atomic E-state index is -4.77. The topological polar surface area (TPSA) is 189 Å². The van der Waals surface area contributed by atoms with Gasteiger partial charge in [0.2, 0.25) is 0 Å². The molecule has 0 bridgehead atoms. The van der Waals surface area contributed by atoms with Gasteiger partial charge in [0.25, 0.3) is 11.6 Å². The number of hydrogen-bond donors (Lipinski definition) is 5. The van der Waals surface area contributed by atoms with Crippen molar-refractivity contribution in [2.45, 2.75) is 24.5 Å². The van der Waals surface area contributed by atoms with E-state index in [4.69, 9.17) is 19.3 Å². The fourth-order valence-corrected chi connectivity index (χ4v) is 2.80. The molecule has 0 aliphatic carbocycles. The van der Waals surface area contributed by atoms with Crippen molar-refractivity contribution in [3.63, 3.8) is 0 Å². The first-order valence-corrected chi connectivity index (χ1v) is 8.47. The lowest BCUT2D eigenvalue weighted by Crippen LogP contribution is -2.33. The molecule has 1 aliphatic rings. The standard InChI is InChI=1S/C11H15N4O9P/c1-22-11-13-8-5(9(18)14-11)12-3-15(8)10-7(17)6(16)4(24-10)2-23-25(19,20)21/h3-4,6-7,10,16-17H,2H2,1H3,(H,13,14,18)(H2,19,20,21)/t4-,6-,7-,10?/m0/s1. The van der Waals surface area contributed by atoms with Crippen LogP contribution in [-0.4, -0.2) is 71.5 Å². The highest BCUT2D eigenvalue weighted by Crippen LogP contribution is 2.38. The largest absolute Gasteiger partial charge is 0.469 e. The summed E-state index contributed by atoms with van der Waals surface area (Å²) in [4.78, 5) is 39.6. The normalized spacial score (nSPS) is 27.1. The van der Waals surface area contributed by atoms with Gasteiger partial charge in [0.05, 0.1) is 20.0 Å². The molecular formula is C11H15N4O9P. The van der Waals surface area contributed by atoms with E-state index in [0.717, 1.165) is 0 Å². The highest BCUT2D eigenvalue weighted by atomic mass is 31.2. The van der Waals surface area contributed by atoms with Gasteiger partial charge in [-0.05, 0) is 0 Å². The Morgan fingerprint density at radius 3 is 2.76 bits per heavy atom. The van der Waals surface area contributed by atoms with Crippen LogP contribution in [-0.2, 0) is 13.8 Å². The Labute approximate surface area is 139 Å². The number of nitrogens with zero attached hydrogens (tertiary/aromatic N) is 3. The number of phosphoric acid groups is 1.